The molecular formula is C22H18BBrFeP+2. The molecule has 1 atom stereocenters. The fraction of sp³-hybridized carbons (Fsp3) is 0. The number of benzene rings is 2. The van der Waals surface area contributed by atoms with Crippen LogP contribution in [0.2, 0.25) is 0 Å². The molecule has 0 saturated heterocycles. The summed E-state index contributed by atoms with van der Waals surface area (Å²) in [6.45, 7) is 0. The Morgan fingerprint density at radius 2 is 1.12 bits per heavy atom. The first-order valence-corrected chi connectivity index (χ1v) is 9.98. The zero-order valence-corrected chi connectivity index (χ0v) is 17.7. The molecule has 26 heavy (non-hydrogen) atoms. The molecule has 127 valence electrons. The summed E-state index contributed by atoms with van der Waals surface area (Å²) in [6.07, 6.45) is 18.7. The average Bonchev–Trinajstić information content (AvgIpc) is 3.34. The molecule has 2 fully saturated rings. The molecule has 4 rings (SSSR count). The zero-order valence-electron chi connectivity index (χ0n) is 14.1. The molecule has 2 aliphatic rings. The Morgan fingerprint density at radius 1 is 0.615 bits per heavy atom. The van der Waals surface area contributed by atoms with Crippen LogP contribution in [-0.4, -0.2) is 8.41 Å². The third kappa shape index (κ3) is 6.83. The molecule has 2 aromatic carbocycles. The number of hydrogen-bond acceptors (Lipinski definition) is 0. The van der Waals surface area contributed by atoms with Crippen LogP contribution in [0.4, 0.5) is 0 Å². The molecule has 0 heterocycles. The van der Waals surface area contributed by atoms with Gasteiger partial charge >= 0.3 is 17.1 Å². The van der Waals surface area contributed by atoms with Crippen LogP contribution in [0.1, 0.15) is 0 Å². The number of hydrogen-bond donors (Lipinski definition) is 0. The second-order valence-corrected chi connectivity index (χ2v) is 8.27. The summed E-state index contributed by atoms with van der Waals surface area (Å²) in [6, 6.07) is 19.3. The molecule has 2 aliphatic carbocycles. The summed E-state index contributed by atoms with van der Waals surface area (Å²) in [7, 11) is -0.477. The van der Waals surface area contributed by atoms with Gasteiger partial charge in [0.15, 0.2) is 0 Å². The topological polar surface area (TPSA) is 0 Å². The molecule has 0 unspecified atom stereocenters. The summed E-state index contributed by atoms with van der Waals surface area (Å²) in [5.74, 6) is 0. The fourth-order valence-corrected chi connectivity index (χ4v) is 5.61. The normalized spacial score (nSPS) is 17.4. The van der Waals surface area contributed by atoms with Gasteiger partial charge < -0.3 is 0 Å². The Bertz CT molecular complexity index is 605. The van der Waals surface area contributed by atoms with E-state index in [0.29, 0.717) is 0 Å². The predicted octanol–water partition coefficient (Wildman–Crippen LogP) is 4.88. The fourth-order valence-electron chi connectivity index (χ4n) is 2.47. The van der Waals surface area contributed by atoms with Gasteiger partial charge in [-0.05, 0) is 82.4 Å². The summed E-state index contributed by atoms with van der Waals surface area (Å²) in [4.78, 5) is 0. The van der Waals surface area contributed by atoms with E-state index in [1.165, 1.54) is 20.7 Å². The van der Waals surface area contributed by atoms with Crippen molar-refractivity contribution in [3.05, 3.63) is 123 Å². The van der Waals surface area contributed by atoms with E-state index < -0.39 is 7.92 Å². The van der Waals surface area contributed by atoms with Crippen LogP contribution in [0.3, 0.4) is 0 Å². The Kier molecular flexibility index (Phi) is 12.1. The average molecular weight is 460 g/mol. The molecule has 2 saturated carbocycles. The maximum Gasteiger partial charge on any atom is 2.00 e. The van der Waals surface area contributed by atoms with Gasteiger partial charge in [-0.1, -0.05) is 64.5 Å². The molecular weight excluding hydrogens is 442 g/mol. The smallest absolute Gasteiger partial charge is 0.0622 e. The molecule has 4 heteroatoms. The van der Waals surface area contributed by atoms with E-state index in [1.807, 2.05) is 32.1 Å². The summed E-state index contributed by atoms with van der Waals surface area (Å²) >= 11 is 3.70. The maximum atomic E-state index is 3.70. The second kappa shape index (κ2) is 13.2. The minimum Gasteiger partial charge on any atom is -0.0622 e. The quantitative estimate of drug-likeness (QED) is 0.453. The molecule has 0 nitrogen and oxygen atoms in total. The predicted molar refractivity (Wildman–Crippen MR) is 114 cm³/mol. The van der Waals surface area contributed by atoms with E-state index in [0.717, 1.165) is 0 Å². The minimum atomic E-state index is -0.477. The van der Waals surface area contributed by atoms with E-state index in [9.17, 15) is 0 Å². The number of rotatable bonds is 3. The zero-order chi connectivity index (χ0) is 16.6. The van der Waals surface area contributed by atoms with Gasteiger partial charge in [-0.2, -0.15) is 0 Å². The molecule has 0 aromatic heterocycles. The van der Waals surface area contributed by atoms with Crippen molar-refractivity contribution in [3.63, 3.8) is 0 Å². The van der Waals surface area contributed by atoms with Crippen LogP contribution in [0, 0.1) is 63.4 Å². The van der Waals surface area contributed by atoms with Gasteiger partial charge in [0.1, 0.15) is 0 Å². The molecule has 0 aliphatic heterocycles. The van der Waals surface area contributed by atoms with Crippen LogP contribution in [-0.2, 0) is 17.1 Å². The third-order valence-corrected chi connectivity index (χ3v) is 7.07. The van der Waals surface area contributed by atoms with Crippen LogP contribution < -0.4 is 10.6 Å². The van der Waals surface area contributed by atoms with Crippen LogP contribution in [0.15, 0.2) is 59.1 Å². The van der Waals surface area contributed by atoms with Crippen molar-refractivity contribution in [1.29, 1.82) is 0 Å². The maximum absolute atomic E-state index is 3.70. The van der Waals surface area contributed by atoms with Crippen LogP contribution in [0.5, 0.6) is 0 Å². The Hall–Kier alpha value is -0.0656. The van der Waals surface area contributed by atoms with E-state index in [4.69, 9.17) is 0 Å². The van der Waals surface area contributed by atoms with Crippen molar-refractivity contribution in [2.45, 2.75) is 0 Å². The Morgan fingerprint density at radius 3 is 1.65 bits per heavy atom. The number of halogens is 1. The van der Waals surface area contributed by atoms with Crippen LogP contribution >= 0.6 is 23.9 Å². The molecule has 2 aromatic rings. The van der Waals surface area contributed by atoms with Gasteiger partial charge in [0.2, 0.25) is 0 Å². The SMILES string of the molecule is Brc1ccccc1[P@]([C]1[CH][CH][CH][CH]1)c1ccccc1.[B].[CH]1[CH][CH][CH][CH]1.[Fe+2]. The molecule has 13 radical (unpaired) electrons. The minimum absolute atomic E-state index is 0. The van der Waals surface area contributed by atoms with E-state index in [-0.39, 0.29) is 25.5 Å². The third-order valence-electron chi connectivity index (χ3n) is 3.57. The van der Waals surface area contributed by atoms with Gasteiger partial charge in [-0.3, -0.25) is 0 Å². The first kappa shape index (κ1) is 24.0. The molecule has 0 amide bonds. The summed E-state index contributed by atoms with van der Waals surface area (Å²) in [5.41, 5.74) is 1.40. The van der Waals surface area contributed by atoms with Gasteiger partial charge in [-0.15, -0.1) is 0 Å². The van der Waals surface area contributed by atoms with Gasteiger partial charge in [0, 0.05) is 18.5 Å². The second-order valence-electron chi connectivity index (χ2n) is 5.23. The standard InChI is InChI=1S/C17H13BrP.C5H5.B.Fe/c18-16-12-6-7-13-17(16)19(15-10-4-5-11-15)14-8-2-1-3-9-14;1-2-4-5-3-1;;/h1-13H;1-5H;;/q;;;+2/t19-;;;/m0.../s1. The van der Waals surface area contributed by atoms with Crippen molar-refractivity contribution >= 4 is 42.9 Å². The Balaban J connectivity index is 0.000000421. The largest absolute Gasteiger partial charge is 2.00 e. The monoisotopic (exact) mass is 459 g/mol. The molecule has 0 bridgehead atoms. The summed E-state index contributed by atoms with van der Waals surface area (Å²) < 4.78 is 1.19. The van der Waals surface area contributed by atoms with Gasteiger partial charge in [0.25, 0.3) is 0 Å². The van der Waals surface area contributed by atoms with Crippen molar-refractivity contribution in [2.75, 3.05) is 0 Å². The van der Waals surface area contributed by atoms with Crippen LogP contribution in [0.25, 0.3) is 0 Å². The van der Waals surface area contributed by atoms with E-state index >= 15 is 0 Å². The Labute approximate surface area is 181 Å². The summed E-state index contributed by atoms with van der Waals surface area (Å²) in [5, 5.41) is 2.76. The van der Waals surface area contributed by atoms with Crippen molar-refractivity contribution in [1.82, 2.24) is 0 Å². The van der Waals surface area contributed by atoms with Crippen molar-refractivity contribution in [3.8, 4) is 0 Å². The van der Waals surface area contributed by atoms with Gasteiger partial charge in [0.05, 0.1) is 0 Å². The van der Waals surface area contributed by atoms with Gasteiger partial charge in [-0.25, -0.2) is 0 Å². The van der Waals surface area contributed by atoms with E-state index in [1.54, 1.807) is 0 Å². The van der Waals surface area contributed by atoms with E-state index in [2.05, 4.69) is 96.2 Å². The molecule has 0 spiro atoms. The first-order chi connectivity index (χ1) is 11.9. The van der Waals surface area contributed by atoms with Crippen molar-refractivity contribution in [2.24, 2.45) is 0 Å². The molecule has 0 N–H and O–H groups in total. The van der Waals surface area contributed by atoms with Crippen molar-refractivity contribution < 1.29 is 17.1 Å². The first-order valence-electron chi connectivity index (χ1n) is 7.84.